The fourth-order valence-corrected chi connectivity index (χ4v) is 2.09. The fourth-order valence-electron chi connectivity index (χ4n) is 2.09. The van der Waals surface area contributed by atoms with Crippen LogP contribution in [-0.4, -0.2) is 9.78 Å². The molecule has 0 aliphatic carbocycles. The van der Waals surface area contributed by atoms with Crippen LogP contribution in [-0.2, 0) is 25.5 Å². The Morgan fingerprint density at radius 1 is 1.15 bits per heavy atom. The summed E-state index contributed by atoms with van der Waals surface area (Å²) in [6, 6.07) is 10.4. The molecule has 2 rings (SSSR count). The Labute approximate surface area is 121 Å². The molecule has 3 heteroatoms. The predicted octanol–water partition coefficient (Wildman–Crippen LogP) is 3.86. The number of aromatic nitrogens is 2. The molecule has 2 aromatic rings. The molecule has 0 amide bonds. The van der Waals surface area contributed by atoms with Gasteiger partial charge in [0.2, 0.25) is 0 Å². The van der Waals surface area contributed by atoms with Crippen molar-refractivity contribution in [2.75, 3.05) is 0 Å². The zero-order valence-corrected chi connectivity index (χ0v) is 13.1. The van der Waals surface area contributed by atoms with Crippen molar-refractivity contribution >= 4 is 0 Å². The lowest BCUT2D eigenvalue weighted by Gasteiger charge is -2.19. The second-order valence-corrected chi connectivity index (χ2v) is 6.17. The molecule has 0 radical (unpaired) electrons. The lowest BCUT2D eigenvalue weighted by Crippen LogP contribution is -2.10. The maximum atomic E-state index is 5.84. The molecule has 0 aliphatic rings. The molecule has 0 spiro atoms. The fraction of sp³-hybridized carbons (Fsp3) is 0.471. The van der Waals surface area contributed by atoms with Crippen molar-refractivity contribution in [3.63, 3.8) is 0 Å². The van der Waals surface area contributed by atoms with E-state index in [9.17, 15) is 0 Å². The van der Waals surface area contributed by atoms with Gasteiger partial charge in [0, 0.05) is 7.05 Å². The summed E-state index contributed by atoms with van der Waals surface area (Å²) in [5.74, 6) is 0.900. The van der Waals surface area contributed by atoms with Crippen LogP contribution in [0.3, 0.4) is 0 Å². The van der Waals surface area contributed by atoms with E-state index in [-0.39, 0.29) is 5.41 Å². The van der Waals surface area contributed by atoms with Crippen molar-refractivity contribution in [2.45, 2.75) is 46.1 Å². The van der Waals surface area contributed by atoms with Gasteiger partial charge in [-0.05, 0) is 35.6 Å². The van der Waals surface area contributed by atoms with Gasteiger partial charge in [0.1, 0.15) is 12.4 Å². The van der Waals surface area contributed by atoms with Gasteiger partial charge in [0.05, 0.1) is 11.4 Å². The van der Waals surface area contributed by atoms with Gasteiger partial charge in [0.25, 0.3) is 0 Å². The Kier molecular flexibility index (Phi) is 4.17. The molecule has 1 aromatic heterocycles. The molecule has 0 aliphatic heterocycles. The Hall–Kier alpha value is -1.77. The largest absolute Gasteiger partial charge is 0.487 e. The normalized spacial score (nSPS) is 11.7. The van der Waals surface area contributed by atoms with Gasteiger partial charge in [-0.1, -0.05) is 39.8 Å². The molecule has 0 N–H and O–H groups in total. The zero-order valence-electron chi connectivity index (χ0n) is 13.1. The highest BCUT2D eigenvalue weighted by atomic mass is 16.5. The Morgan fingerprint density at radius 2 is 1.80 bits per heavy atom. The average Bonchev–Trinajstić information content (AvgIpc) is 2.76. The minimum atomic E-state index is 0.177. The second-order valence-electron chi connectivity index (χ2n) is 6.17. The van der Waals surface area contributed by atoms with E-state index in [1.165, 1.54) is 5.56 Å². The van der Waals surface area contributed by atoms with Gasteiger partial charge < -0.3 is 4.74 Å². The summed E-state index contributed by atoms with van der Waals surface area (Å²) < 4.78 is 7.73. The molecular weight excluding hydrogens is 248 g/mol. The van der Waals surface area contributed by atoms with Crippen molar-refractivity contribution in [1.29, 1.82) is 0 Å². The van der Waals surface area contributed by atoms with E-state index in [2.05, 4.69) is 51.0 Å². The summed E-state index contributed by atoms with van der Waals surface area (Å²) in [6.45, 7) is 9.30. The molecule has 1 heterocycles. The highest BCUT2D eigenvalue weighted by Crippen LogP contribution is 2.24. The van der Waals surface area contributed by atoms with Crippen molar-refractivity contribution in [1.82, 2.24) is 9.78 Å². The second kappa shape index (κ2) is 5.70. The highest BCUT2D eigenvalue weighted by molar-refractivity contribution is 5.31. The summed E-state index contributed by atoms with van der Waals surface area (Å²) in [4.78, 5) is 0. The molecule has 0 unspecified atom stereocenters. The monoisotopic (exact) mass is 272 g/mol. The van der Waals surface area contributed by atoms with E-state index >= 15 is 0 Å². The van der Waals surface area contributed by atoms with E-state index in [0.717, 1.165) is 23.6 Å². The quantitative estimate of drug-likeness (QED) is 0.845. The first-order valence-corrected chi connectivity index (χ1v) is 7.15. The van der Waals surface area contributed by atoms with Crippen LogP contribution < -0.4 is 4.74 Å². The van der Waals surface area contributed by atoms with E-state index in [0.29, 0.717) is 6.61 Å². The van der Waals surface area contributed by atoms with E-state index in [1.54, 1.807) is 0 Å². The number of rotatable bonds is 4. The molecule has 0 bridgehead atoms. The van der Waals surface area contributed by atoms with Crippen molar-refractivity contribution in [2.24, 2.45) is 7.05 Å². The number of benzene rings is 1. The summed E-state index contributed by atoms with van der Waals surface area (Å²) >= 11 is 0. The van der Waals surface area contributed by atoms with Crippen LogP contribution in [0, 0.1) is 0 Å². The number of hydrogen-bond donors (Lipinski definition) is 0. The first-order valence-electron chi connectivity index (χ1n) is 7.15. The van der Waals surface area contributed by atoms with Crippen LogP contribution in [0.15, 0.2) is 30.3 Å². The molecular formula is C17H24N2O. The van der Waals surface area contributed by atoms with Crippen molar-refractivity contribution in [3.8, 4) is 5.75 Å². The van der Waals surface area contributed by atoms with Crippen LogP contribution in [0.2, 0.25) is 0 Å². The average molecular weight is 272 g/mol. The standard InChI is InChI=1S/C17H24N2O/c1-6-14-11-15(19(5)18-14)12-20-16-9-7-13(8-10-16)17(2,3)4/h7-11H,6,12H2,1-5H3. The molecule has 20 heavy (non-hydrogen) atoms. The molecule has 0 saturated heterocycles. The number of aryl methyl sites for hydroxylation is 2. The predicted molar refractivity (Wildman–Crippen MR) is 82.1 cm³/mol. The van der Waals surface area contributed by atoms with Crippen LogP contribution in [0.4, 0.5) is 0 Å². The minimum Gasteiger partial charge on any atom is -0.487 e. The maximum Gasteiger partial charge on any atom is 0.130 e. The summed E-state index contributed by atoms with van der Waals surface area (Å²) in [7, 11) is 1.96. The molecule has 3 nitrogen and oxygen atoms in total. The lowest BCUT2D eigenvalue weighted by atomic mass is 9.87. The summed E-state index contributed by atoms with van der Waals surface area (Å²) in [6.07, 6.45) is 0.952. The van der Waals surface area contributed by atoms with Crippen LogP contribution >= 0.6 is 0 Å². The first-order chi connectivity index (χ1) is 9.40. The zero-order chi connectivity index (χ0) is 14.8. The molecule has 0 atom stereocenters. The van der Waals surface area contributed by atoms with Crippen LogP contribution in [0.25, 0.3) is 0 Å². The Bertz CT molecular complexity index is 562. The number of nitrogens with zero attached hydrogens (tertiary/aromatic N) is 2. The number of hydrogen-bond acceptors (Lipinski definition) is 2. The van der Waals surface area contributed by atoms with Gasteiger partial charge >= 0.3 is 0 Å². The molecule has 108 valence electrons. The van der Waals surface area contributed by atoms with Gasteiger partial charge in [-0.2, -0.15) is 5.10 Å². The van der Waals surface area contributed by atoms with Crippen molar-refractivity contribution < 1.29 is 4.74 Å². The van der Waals surface area contributed by atoms with Crippen LogP contribution in [0.5, 0.6) is 5.75 Å². The third-order valence-corrected chi connectivity index (χ3v) is 3.50. The SMILES string of the molecule is CCc1cc(COc2ccc(C(C)(C)C)cc2)n(C)n1. The minimum absolute atomic E-state index is 0.177. The number of ether oxygens (including phenoxy) is 1. The first kappa shape index (κ1) is 14.6. The molecule has 0 fully saturated rings. The van der Waals surface area contributed by atoms with E-state index < -0.39 is 0 Å². The third-order valence-electron chi connectivity index (χ3n) is 3.50. The smallest absolute Gasteiger partial charge is 0.130 e. The van der Waals surface area contributed by atoms with Gasteiger partial charge in [-0.3, -0.25) is 4.68 Å². The van der Waals surface area contributed by atoms with Crippen molar-refractivity contribution in [3.05, 3.63) is 47.3 Å². The maximum absolute atomic E-state index is 5.84. The molecule has 0 saturated carbocycles. The topological polar surface area (TPSA) is 27.1 Å². The summed E-state index contributed by atoms with van der Waals surface area (Å²) in [5.41, 5.74) is 3.70. The van der Waals surface area contributed by atoms with Crippen LogP contribution in [0.1, 0.15) is 44.6 Å². The van der Waals surface area contributed by atoms with Gasteiger partial charge in [-0.15, -0.1) is 0 Å². The van der Waals surface area contributed by atoms with Gasteiger partial charge in [-0.25, -0.2) is 0 Å². The van der Waals surface area contributed by atoms with E-state index in [1.807, 2.05) is 23.9 Å². The Balaban J connectivity index is 2.02. The highest BCUT2D eigenvalue weighted by Gasteiger charge is 2.13. The van der Waals surface area contributed by atoms with E-state index in [4.69, 9.17) is 4.74 Å². The van der Waals surface area contributed by atoms with Gasteiger partial charge in [0.15, 0.2) is 0 Å². The molecule has 1 aromatic carbocycles. The lowest BCUT2D eigenvalue weighted by molar-refractivity contribution is 0.294. The summed E-state index contributed by atoms with van der Waals surface area (Å²) in [5, 5.41) is 4.42. The Morgan fingerprint density at radius 3 is 2.30 bits per heavy atom. The third kappa shape index (κ3) is 3.41.